The quantitative estimate of drug-likeness (QED) is 0.533. The second kappa shape index (κ2) is 7.29. The first kappa shape index (κ1) is 17.9. The summed E-state index contributed by atoms with van der Waals surface area (Å²) in [4.78, 5) is 31.0. The van der Waals surface area contributed by atoms with Crippen LogP contribution in [0.25, 0.3) is 21.8 Å². The van der Waals surface area contributed by atoms with E-state index in [1.165, 1.54) is 0 Å². The maximum atomic E-state index is 12.8. The van der Waals surface area contributed by atoms with Crippen molar-refractivity contribution in [2.75, 3.05) is 19.4 Å². The Bertz CT molecular complexity index is 1240. The summed E-state index contributed by atoms with van der Waals surface area (Å²) < 4.78 is 0. The molecule has 0 saturated heterocycles. The summed E-state index contributed by atoms with van der Waals surface area (Å²) in [5.41, 5.74) is 3.68. The minimum absolute atomic E-state index is 0.0768. The molecule has 0 unspecified atom stereocenters. The van der Waals surface area contributed by atoms with Crippen molar-refractivity contribution in [1.29, 1.82) is 0 Å². The number of aromatic nitrogens is 1. The Morgan fingerprint density at radius 1 is 0.929 bits per heavy atom. The number of carbonyl (C=O) groups excluding carboxylic acids is 1. The smallest absolute Gasteiger partial charge is 0.255 e. The van der Waals surface area contributed by atoms with Gasteiger partial charge in [-0.05, 0) is 56.1 Å². The van der Waals surface area contributed by atoms with Crippen LogP contribution in [0.2, 0.25) is 0 Å². The molecule has 0 atom stereocenters. The number of aromatic amines is 1. The lowest BCUT2D eigenvalue weighted by atomic mass is 10.1. The number of para-hydroxylation sites is 2. The molecule has 0 radical (unpaired) electrons. The molecule has 4 aromatic rings. The molecule has 0 spiro atoms. The van der Waals surface area contributed by atoms with Crippen molar-refractivity contribution in [3.8, 4) is 0 Å². The standard InChI is InChI=1S/C23H21N3O2/c1-26(2)14-16-7-3-5-9-19(16)25-23(28)15-11-12-21-18(13-15)22(27)17-8-4-6-10-20(17)24-21/h3-13H,14H2,1-2H3,(H,24,27)(H,25,28). The van der Waals surface area contributed by atoms with Gasteiger partial charge in [0.1, 0.15) is 0 Å². The van der Waals surface area contributed by atoms with Gasteiger partial charge in [-0.25, -0.2) is 0 Å². The van der Waals surface area contributed by atoms with Crippen molar-refractivity contribution in [2.24, 2.45) is 0 Å². The van der Waals surface area contributed by atoms with E-state index in [9.17, 15) is 9.59 Å². The zero-order valence-corrected chi connectivity index (χ0v) is 15.8. The third-order valence-electron chi connectivity index (χ3n) is 4.72. The van der Waals surface area contributed by atoms with Crippen molar-refractivity contribution in [2.45, 2.75) is 6.54 Å². The lowest BCUT2D eigenvalue weighted by molar-refractivity contribution is 0.102. The fourth-order valence-corrected chi connectivity index (χ4v) is 3.38. The van der Waals surface area contributed by atoms with E-state index in [0.717, 1.165) is 23.3 Å². The number of nitrogens with zero attached hydrogens (tertiary/aromatic N) is 1. The molecule has 0 bridgehead atoms. The van der Waals surface area contributed by atoms with Gasteiger partial charge in [-0.1, -0.05) is 30.3 Å². The van der Waals surface area contributed by atoms with Crippen LogP contribution in [0.4, 0.5) is 5.69 Å². The van der Waals surface area contributed by atoms with Gasteiger partial charge in [0.05, 0.1) is 0 Å². The van der Waals surface area contributed by atoms with Crippen molar-refractivity contribution in [3.63, 3.8) is 0 Å². The molecular formula is C23H21N3O2. The van der Waals surface area contributed by atoms with E-state index in [2.05, 4.69) is 10.3 Å². The molecule has 0 fully saturated rings. The highest BCUT2D eigenvalue weighted by Gasteiger charge is 2.12. The van der Waals surface area contributed by atoms with Gasteiger partial charge in [-0.3, -0.25) is 9.59 Å². The van der Waals surface area contributed by atoms with Gasteiger partial charge in [0.2, 0.25) is 0 Å². The van der Waals surface area contributed by atoms with Gasteiger partial charge in [-0.2, -0.15) is 0 Å². The molecule has 1 heterocycles. The zero-order valence-electron chi connectivity index (χ0n) is 15.8. The lowest BCUT2D eigenvalue weighted by Crippen LogP contribution is -2.17. The Morgan fingerprint density at radius 2 is 1.64 bits per heavy atom. The Labute approximate surface area is 162 Å². The molecule has 0 saturated carbocycles. The molecule has 140 valence electrons. The minimum atomic E-state index is -0.235. The number of fused-ring (bicyclic) bond motifs is 2. The number of benzene rings is 3. The van der Waals surface area contributed by atoms with Crippen LogP contribution in [0.5, 0.6) is 0 Å². The van der Waals surface area contributed by atoms with Gasteiger partial charge < -0.3 is 15.2 Å². The highest BCUT2D eigenvalue weighted by molar-refractivity contribution is 6.07. The predicted octanol–water partition coefficient (Wildman–Crippen LogP) is 4.00. The predicted molar refractivity (Wildman–Crippen MR) is 114 cm³/mol. The summed E-state index contributed by atoms with van der Waals surface area (Å²) in [5.74, 6) is -0.235. The first-order valence-corrected chi connectivity index (χ1v) is 9.12. The van der Waals surface area contributed by atoms with Crippen molar-refractivity contribution in [3.05, 3.63) is 88.1 Å². The molecule has 0 aliphatic carbocycles. The van der Waals surface area contributed by atoms with E-state index in [-0.39, 0.29) is 11.3 Å². The first-order valence-electron chi connectivity index (χ1n) is 9.12. The Kier molecular flexibility index (Phi) is 4.67. The third-order valence-corrected chi connectivity index (χ3v) is 4.72. The third kappa shape index (κ3) is 3.40. The number of H-pyrrole nitrogens is 1. The number of rotatable bonds is 4. The van der Waals surface area contributed by atoms with Crippen molar-refractivity contribution in [1.82, 2.24) is 9.88 Å². The molecule has 1 aromatic heterocycles. The van der Waals surface area contributed by atoms with E-state index in [1.54, 1.807) is 24.3 Å². The largest absolute Gasteiger partial charge is 0.354 e. The average molecular weight is 371 g/mol. The maximum Gasteiger partial charge on any atom is 0.255 e. The summed E-state index contributed by atoms with van der Waals surface area (Å²) in [7, 11) is 3.97. The molecule has 1 amide bonds. The van der Waals surface area contributed by atoms with Crippen LogP contribution >= 0.6 is 0 Å². The zero-order chi connectivity index (χ0) is 19.7. The van der Waals surface area contributed by atoms with E-state index in [1.807, 2.05) is 61.5 Å². The van der Waals surface area contributed by atoms with E-state index >= 15 is 0 Å². The summed E-state index contributed by atoms with van der Waals surface area (Å²) >= 11 is 0. The van der Waals surface area contributed by atoms with Crippen LogP contribution in [0.3, 0.4) is 0 Å². The summed E-state index contributed by atoms with van der Waals surface area (Å²) in [6.07, 6.45) is 0. The second-order valence-corrected chi connectivity index (χ2v) is 7.11. The van der Waals surface area contributed by atoms with Crippen LogP contribution in [-0.4, -0.2) is 29.9 Å². The number of amides is 1. The number of nitrogens with one attached hydrogen (secondary N) is 2. The summed E-state index contributed by atoms with van der Waals surface area (Å²) in [6.45, 7) is 0.722. The van der Waals surface area contributed by atoms with Gasteiger partial charge in [0.25, 0.3) is 5.91 Å². The molecule has 4 rings (SSSR count). The minimum Gasteiger partial charge on any atom is -0.354 e. The SMILES string of the molecule is CN(C)Cc1ccccc1NC(=O)c1ccc2[nH]c3ccccc3c(=O)c2c1. The Morgan fingerprint density at radius 3 is 2.46 bits per heavy atom. The maximum absolute atomic E-state index is 12.8. The monoisotopic (exact) mass is 371 g/mol. The Hall–Kier alpha value is -3.44. The number of hydrogen-bond donors (Lipinski definition) is 2. The van der Waals surface area contributed by atoms with Gasteiger partial charge >= 0.3 is 0 Å². The highest BCUT2D eigenvalue weighted by Crippen LogP contribution is 2.20. The molecule has 0 aliphatic rings. The van der Waals surface area contributed by atoms with Gasteiger partial charge in [0.15, 0.2) is 5.43 Å². The van der Waals surface area contributed by atoms with Crippen LogP contribution in [0.15, 0.2) is 71.5 Å². The van der Waals surface area contributed by atoms with Crippen LogP contribution < -0.4 is 10.7 Å². The fraction of sp³-hybridized carbons (Fsp3) is 0.130. The van der Waals surface area contributed by atoms with E-state index < -0.39 is 0 Å². The van der Waals surface area contributed by atoms with E-state index in [4.69, 9.17) is 0 Å². The average Bonchev–Trinajstić information content (AvgIpc) is 2.69. The number of carbonyl (C=O) groups is 1. The van der Waals surface area contributed by atoms with Crippen LogP contribution in [0.1, 0.15) is 15.9 Å². The molecule has 0 aliphatic heterocycles. The summed E-state index contributed by atoms with van der Waals surface area (Å²) in [6, 6.07) is 20.3. The molecular weight excluding hydrogens is 350 g/mol. The molecule has 5 heteroatoms. The molecule has 28 heavy (non-hydrogen) atoms. The normalized spacial score (nSPS) is 11.2. The van der Waals surface area contributed by atoms with Gasteiger partial charge in [-0.15, -0.1) is 0 Å². The molecule has 3 aromatic carbocycles. The van der Waals surface area contributed by atoms with Crippen molar-refractivity contribution >= 4 is 33.4 Å². The topological polar surface area (TPSA) is 65.2 Å². The van der Waals surface area contributed by atoms with Gasteiger partial charge in [0, 0.05) is 39.6 Å². The fourth-order valence-electron chi connectivity index (χ4n) is 3.38. The lowest BCUT2D eigenvalue weighted by Gasteiger charge is -2.15. The first-order chi connectivity index (χ1) is 13.5. The second-order valence-electron chi connectivity index (χ2n) is 7.11. The van der Waals surface area contributed by atoms with Crippen LogP contribution in [-0.2, 0) is 6.54 Å². The summed E-state index contributed by atoms with van der Waals surface area (Å²) in [5, 5.41) is 4.10. The highest BCUT2D eigenvalue weighted by atomic mass is 16.1. The number of pyridine rings is 1. The van der Waals surface area contributed by atoms with E-state index in [0.29, 0.717) is 21.9 Å². The van der Waals surface area contributed by atoms with Crippen molar-refractivity contribution < 1.29 is 4.79 Å². The molecule has 5 nitrogen and oxygen atoms in total. The Balaban J connectivity index is 1.72. The van der Waals surface area contributed by atoms with Crippen LogP contribution in [0, 0.1) is 0 Å². The number of anilines is 1. The number of hydrogen-bond acceptors (Lipinski definition) is 3. The molecule has 2 N–H and O–H groups in total.